The molecule has 0 unspecified atom stereocenters. The molecule has 1 amide bonds. The quantitative estimate of drug-likeness (QED) is 0.848. The Labute approximate surface area is 160 Å². The van der Waals surface area contributed by atoms with Crippen LogP contribution in [0.1, 0.15) is 16.7 Å². The fourth-order valence-electron chi connectivity index (χ4n) is 4.31. The minimum Gasteiger partial charge on any atom is -0.497 e. The van der Waals surface area contributed by atoms with E-state index in [2.05, 4.69) is 39.8 Å². The lowest BCUT2D eigenvalue weighted by Crippen LogP contribution is -2.63. The van der Waals surface area contributed by atoms with Gasteiger partial charge in [0.2, 0.25) is 5.91 Å². The van der Waals surface area contributed by atoms with Crippen LogP contribution < -0.4 is 15.4 Å². The van der Waals surface area contributed by atoms with Crippen molar-refractivity contribution in [2.45, 2.75) is 24.9 Å². The van der Waals surface area contributed by atoms with Crippen LogP contribution in [-0.2, 0) is 24.2 Å². The van der Waals surface area contributed by atoms with E-state index in [1.807, 2.05) is 24.3 Å². The van der Waals surface area contributed by atoms with Gasteiger partial charge >= 0.3 is 0 Å². The monoisotopic (exact) mass is 365 g/mol. The molecule has 1 saturated heterocycles. The van der Waals surface area contributed by atoms with E-state index in [1.54, 1.807) is 7.11 Å². The third-order valence-corrected chi connectivity index (χ3v) is 5.84. The number of hydrogen-bond acceptors (Lipinski definition) is 4. The van der Waals surface area contributed by atoms with E-state index in [0.717, 1.165) is 50.3 Å². The summed E-state index contributed by atoms with van der Waals surface area (Å²) in [5.74, 6) is 0.963. The van der Waals surface area contributed by atoms with Gasteiger partial charge in [-0.15, -0.1) is 0 Å². The lowest BCUT2D eigenvalue weighted by atomic mass is 9.91. The Morgan fingerprint density at radius 2 is 1.70 bits per heavy atom. The Morgan fingerprint density at radius 3 is 2.30 bits per heavy atom. The van der Waals surface area contributed by atoms with E-state index in [9.17, 15) is 4.79 Å². The van der Waals surface area contributed by atoms with Crippen molar-refractivity contribution in [3.63, 3.8) is 0 Å². The Morgan fingerprint density at radius 1 is 1.07 bits per heavy atom. The number of nitrogens with zero attached hydrogens (tertiary/aromatic N) is 1. The van der Waals surface area contributed by atoms with Crippen LogP contribution in [-0.4, -0.2) is 49.6 Å². The summed E-state index contributed by atoms with van der Waals surface area (Å²) in [4.78, 5) is 15.8. The highest BCUT2D eigenvalue weighted by Crippen LogP contribution is 2.35. The van der Waals surface area contributed by atoms with Crippen molar-refractivity contribution >= 4 is 5.91 Å². The molecule has 2 N–H and O–H groups in total. The number of nitrogens with one attached hydrogen (secondary N) is 2. The zero-order valence-electron chi connectivity index (χ0n) is 15.8. The van der Waals surface area contributed by atoms with Crippen molar-refractivity contribution in [2.75, 3.05) is 33.3 Å². The van der Waals surface area contributed by atoms with Crippen molar-refractivity contribution in [1.29, 1.82) is 0 Å². The summed E-state index contributed by atoms with van der Waals surface area (Å²) in [5.41, 5.74) is 3.21. The molecule has 0 spiro atoms. The molecule has 4 rings (SSSR count). The van der Waals surface area contributed by atoms with Crippen molar-refractivity contribution in [3.05, 3.63) is 65.2 Å². The van der Waals surface area contributed by atoms with Gasteiger partial charge in [-0.1, -0.05) is 36.4 Å². The largest absolute Gasteiger partial charge is 0.497 e. The normalized spacial score (nSPS) is 18.7. The number of ether oxygens (including phenoxy) is 1. The maximum absolute atomic E-state index is 13.4. The molecule has 27 heavy (non-hydrogen) atoms. The third-order valence-electron chi connectivity index (χ3n) is 5.84. The predicted molar refractivity (Wildman–Crippen MR) is 106 cm³/mol. The van der Waals surface area contributed by atoms with Gasteiger partial charge in [-0.2, -0.15) is 0 Å². The zero-order valence-corrected chi connectivity index (χ0v) is 15.8. The lowest BCUT2D eigenvalue weighted by molar-refractivity contribution is -0.134. The number of rotatable bonds is 5. The molecule has 0 saturated carbocycles. The van der Waals surface area contributed by atoms with E-state index in [0.29, 0.717) is 6.54 Å². The topological polar surface area (TPSA) is 53.6 Å². The van der Waals surface area contributed by atoms with Crippen molar-refractivity contribution in [2.24, 2.45) is 0 Å². The molecule has 1 aliphatic carbocycles. The first kappa shape index (κ1) is 18.0. The summed E-state index contributed by atoms with van der Waals surface area (Å²) in [7, 11) is 1.66. The van der Waals surface area contributed by atoms with Crippen molar-refractivity contribution in [1.82, 2.24) is 15.5 Å². The second kappa shape index (κ2) is 7.71. The van der Waals surface area contributed by atoms with E-state index in [4.69, 9.17) is 4.74 Å². The number of piperazine rings is 1. The lowest BCUT2D eigenvalue weighted by Gasteiger charge is -2.42. The number of amides is 1. The van der Waals surface area contributed by atoms with E-state index in [-0.39, 0.29) is 5.91 Å². The first-order valence-electron chi connectivity index (χ1n) is 9.65. The molecule has 142 valence electrons. The second-order valence-electron chi connectivity index (χ2n) is 7.42. The fourth-order valence-corrected chi connectivity index (χ4v) is 4.31. The first-order valence-corrected chi connectivity index (χ1v) is 9.65. The minimum atomic E-state index is -0.474. The summed E-state index contributed by atoms with van der Waals surface area (Å²) < 4.78 is 5.21. The van der Waals surface area contributed by atoms with Gasteiger partial charge in [-0.25, -0.2) is 0 Å². The maximum Gasteiger partial charge on any atom is 0.241 e. The molecule has 1 heterocycles. The molecule has 2 aromatic rings. The molecular weight excluding hydrogens is 338 g/mol. The van der Waals surface area contributed by atoms with Gasteiger partial charge in [0.15, 0.2) is 0 Å². The molecule has 5 heteroatoms. The van der Waals surface area contributed by atoms with Crippen molar-refractivity contribution in [3.8, 4) is 5.75 Å². The highest BCUT2D eigenvalue weighted by Gasteiger charge is 2.48. The predicted octanol–water partition coefficient (Wildman–Crippen LogP) is 1.75. The molecule has 5 nitrogen and oxygen atoms in total. The molecule has 0 atom stereocenters. The highest BCUT2D eigenvalue weighted by molar-refractivity contribution is 5.88. The Bertz CT molecular complexity index is 772. The zero-order chi connectivity index (χ0) is 18.7. The van der Waals surface area contributed by atoms with Crippen LogP contribution in [0.15, 0.2) is 48.5 Å². The van der Waals surface area contributed by atoms with Gasteiger partial charge < -0.3 is 15.4 Å². The summed E-state index contributed by atoms with van der Waals surface area (Å²) in [5, 5.41) is 6.61. The average Bonchev–Trinajstić information content (AvgIpc) is 3.14. The van der Waals surface area contributed by atoms with Gasteiger partial charge in [0.25, 0.3) is 0 Å². The number of hydrogen-bond donors (Lipinski definition) is 2. The molecule has 0 bridgehead atoms. The molecule has 1 fully saturated rings. The maximum atomic E-state index is 13.4. The average molecular weight is 365 g/mol. The minimum absolute atomic E-state index is 0.136. The van der Waals surface area contributed by atoms with Crippen LogP contribution >= 0.6 is 0 Å². The molecule has 0 aromatic heterocycles. The number of fused-ring (bicyclic) bond motifs is 1. The van der Waals surface area contributed by atoms with Crippen molar-refractivity contribution < 1.29 is 9.53 Å². The van der Waals surface area contributed by atoms with Gasteiger partial charge in [0, 0.05) is 45.6 Å². The number of carbonyl (C=O) groups excluding carboxylic acids is 1. The molecular formula is C22H27N3O2. The van der Waals surface area contributed by atoms with E-state index in [1.165, 1.54) is 11.1 Å². The Kier molecular flexibility index (Phi) is 5.14. The Hall–Kier alpha value is -2.37. The second-order valence-corrected chi connectivity index (χ2v) is 7.42. The van der Waals surface area contributed by atoms with Crippen LogP contribution in [0.2, 0.25) is 0 Å². The Balaban J connectivity index is 1.52. The third kappa shape index (κ3) is 3.57. The molecule has 2 aromatic carbocycles. The molecule has 0 radical (unpaired) electrons. The summed E-state index contributed by atoms with van der Waals surface area (Å²) in [6, 6.07) is 16.3. The number of benzene rings is 2. The summed E-state index contributed by atoms with van der Waals surface area (Å²) in [6.07, 6.45) is 1.58. The SMILES string of the molecule is COc1ccc(CNC(=O)C2(N3CCNCC3)Cc3ccccc3C2)cc1. The van der Waals surface area contributed by atoms with Gasteiger partial charge in [0.1, 0.15) is 11.3 Å². The number of carbonyl (C=O) groups is 1. The van der Waals surface area contributed by atoms with Crippen LogP contribution in [0.3, 0.4) is 0 Å². The fraction of sp³-hybridized carbons (Fsp3) is 0.409. The van der Waals surface area contributed by atoms with Gasteiger partial charge in [-0.05, 0) is 28.8 Å². The summed E-state index contributed by atoms with van der Waals surface area (Å²) in [6.45, 7) is 4.22. The molecule has 1 aliphatic heterocycles. The van der Waals surface area contributed by atoms with E-state index >= 15 is 0 Å². The van der Waals surface area contributed by atoms with Crippen LogP contribution in [0.25, 0.3) is 0 Å². The first-order chi connectivity index (χ1) is 13.2. The standard InChI is InChI=1S/C22H27N3O2/c1-27-20-8-6-17(7-9-20)16-24-21(26)22(25-12-10-23-11-13-25)14-18-4-2-3-5-19(18)15-22/h2-9,23H,10-16H2,1H3,(H,24,26). The summed E-state index contributed by atoms with van der Waals surface area (Å²) >= 11 is 0. The highest BCUT2D eigenvalue weighted by atomic mass is 16.5. The van der Waals surface area contributed by atoms with Crippen LogP contribution in [0.4, 0.5) is 0 Å². The number of methoxy groups -OCH3 is 1. The van der Waals surface area contributed by atoms with Crippen LogP contribution in [0, 0.1) is 0 Å². The van der Waals surface area contributed by atoms with Gasteiger partial charge in [0.05, 0.1) is 7.11 Å². The smallest absolute Gasteiger partial charge is 0.241 e. The van der Waals surface area contributed by atoms with Crippen LogP contribution in [0.5, 0.6) is 5.75 Å². The van der Waals surface area contributed by atoms with E-state index < -0.39 is 5.54 Å². The van der Waals surface area contributed by atoms with Gasteiger partial charge in [-0.3, -0.25) is 9.69 Å². The molecule has 2 aliphatic rings.